The Labute approximate surface area is 114 Å². The highest BCUT2D eigenvalue weighted by molar-refractivity contribution is 5.75. The van der Waals surface area contributed by atoms with E-state index in [9.17, 15) is 9.90 Å². The molecule has 0 bridgehead atoms. The molecule has 0 saturated carbocycles. The number of carbonyl (C=O) groups excluding carboxylic acids is 1. The van der Waals surface area contributed by atoms with Crippen molar-refractivity contribution < 1.29 is 14.6 Å². The fourth-order valence-corrected chi connectivity index (χ4v) is 2.30. The van der Waals surface area contributed by atoms with E-state index in [2.05, 4.69) is 0 Å². The van der Waals surface area contributed by atoms with Crippen molar-refractivity contribution >= 4 is 5.91 Å². The number of fused-ring (bicyclic) bond motifs is 1. The second-order valence-corrected chi connectivity index (χ2v) is 5.16. The van der Waals surface area contributed by atoms with E-state index in [1.165, 1.54) is 5.56 Å². The third-order valence-electron chi connectivity index (χ3n) is 3.46. The van der Waals surface area contributed by atoms with Crippen LogP contribution in [-0.2, 0) is 11.2 Å². The second-order valence-electron chi connectivity index (χ2n) is 5.16. The van der Waals surface area contributed by atoms with Crippen LogP contribution in [0.1, 0.15) is 36.5 Å². The molecule has 1 atom stereocenters. The van der Waals surface area contributed by atoms with Crippen LogP contribution in [0.2, 0.25) is 0 Å². The van der Waals surface area contributed by atoms with Crippen LogP contribution in [0.5, 0.6) is 5.75 Å². The highest BCUT2D eigenvalue weighted by atomic mass is 16.5. The number of carbonyl (C=O) groups is 1. The van der Waals surface area contributed by atoms with E-state index >= 15 is 0 Å². The Morgan fingerprint density at radius 2 is 2.26 bits per heavy atom. The summed E-state index contributed by atoms with van der Waals surface area (Å²) in [6, 6.07) is 5.83. The van der Waals surface area contributed by atoms with Crippen molar-refractivity contribution in [2.75, 3.05) is 20.7 Å². The predicted octanol–water partition coefficient (Wildman–Crippen LogP) is 1.91. The summed E-state index contributed by atoms with van der Waals surface area (Å²) < 4.78 is 5.64. The van der Waals surface area contributed by atoms with E-state index in [1.807, 2.05) is 18.2 Å². The lowest BCUT2D eigenvalue weighted by Crippen LogP contribution is -2.21. The summed E-state index contributed by atoms with van der Waals surface area (Å²) in [5.41, 5.74) is 2.20. The third kappa shape index (κ3) is 3.47. The van der Waals surface area contributed by atoms with Crippen molar-refractivity contribution in [2.24, 2.45) is 0 Å². The Morgan fingerprint density at radius 3 is 3.00 bits per heavy atom. The summed E-state index contributed by atoms with van der Waals surface area (Å²) in [4.78, 5) is 13.0. The molecule has 1 N–H and O–H groups in total. The molecule has 0 heterocycles. The van der Waals surface area contributed by atoms with Gasteiger partial charge in [0.1, 0.15) is 5.75 Å². The molecule has 0 saturated heterocycles. The number of benzene rings is 1. The van der Waals surface area contributed by atoms with Gasteiger partial charge in [0.2, 0.25) is 5.91 Å². The number of hydrogen-bond acceptors (Lipinski definition) is 3. The van der Waals surface area contributed by atoms with Crippen LogP contribution in [0.25, 0.3) is 0 Å². The third-order valence-corrected chi connectivity index (χ3v) is 3.46. The first kappa shape index (κ1) is 13.9. The molecule has 104 valence electrons. The molecule has 4 heteroatoms. The molecule has 0 fully saturated rings. The van der Waals surface area contributed by atoms with Gasteiger partial charge in [-0.25, -0.2) is 0 Å². The van der Waals surface area contributed by atoms with E-state index < -0.39 is 0 Å². The zero-order valence-electron chi connectivity index (χ0n) is 11.6. The topological polar surface area (TPSA) is 49.8 Å². The summed E-state index contributed by atoms with van der Waals surface area (Å²) in [5.74, 6) is 0.950. The second kappa shape index (κ2) is 6.06. The van der Waals surface area contributed by atoms with Gasteiger partial charge in [-0.15, -0.1) is 0 Å². The van der Waals surface area contributed by atoms with E-state index in [0.29, 0.717) is 13.0 Å². The number of amides is 1. The maximum absolute atomic E-state index is 11.4. The highest BCUT2D eigenvalue weighted by Gasteiger charge is 2.20. The van der Waals surface area contributed by atoms with Crippen molar-refractivity contribution in [1.29, 1.82) is 0 Å². The Bertz CT molecular complexity index is 457. The Kier molecular flexibility index (Phi) is 4.43. The first-order valence-electron chi connectivity index (χ1n) is 6.72. The summed E-state index contributed by atoms with van der Waals surface area (Å²) in [6.07, 6.45) is 2.62. The number of aliphatic hydroxyl groups excluding tert-OH is 1. The van der Waals surface area contributed by atoms with E-state index in [4.69, 9.17) is 4.74 Å². The number of rotatable bonds is 5. The smallest absolute Gasteiger partial charge is 0.222 e. The lowest BCUT2D eigenvalue weighted by Gasteiger charge is -2.11. The summed E-state index contributed by atoms with van der Waals surface area (Å²) in [5, 5.41) is 9.72. The van der Waals surface area contributed by atoms with Gasteiger partial charge in [0.25, 0.3) is 0 Å². The Balaban J connectivity index is 1.80. The Hall–Kier alpha value is -1.55. The monoisotopic (exact) mass is 263 g/mol. The maximum atomic E-state index is 11.4. The highest BCUT2D eigenvalue weighted by Crippen LogP contribution is 2.33. The first-order valence-corrected chi connectivity index (χ1v) is 6.72. The van der Waals surface area contributed by atoms with Gasteiger partial charge >= 0.3 is 0 Å². The minimum atomic E-state index is -0.318. The Morgan fingerprint density at radius 1 is 1.47 bits per heavy atom. The van der Waals surface area contributed by atoms with Gasteiger partial charge < -0.3 is 14.7 Å². The lowest BCUT2D eigenvalue weighted by atomic mass is 10.1. The van der Waals surface area contributed by atoms with E-state index in [0.717, 1.165) is 30.6 Å². The van der Waals surface area contributed by atoms with Gasteiger partial charge in [-0.05, 0) is 42.5 Å². The SMILES string of the molecule is CN(C)C(=O)CCCOc1ccc2c(c1)CCC2O. The molecule has 0 radical (unpaired) electrons. The molecule has 1 aliphatic carbocycles. The van der Waals surface area contributed by atoms with Crippen molar-refractivity contribution in [3.63, 3.8) is 0 Å². The molecule has 19 heavy (non-hydrogen) atoms. The summed E-state index contributed by atoms with van der Waals surface area (Å²) >= 11 is 0. The van der Waals surface area contributed by atoms with Crippen LogP contribution in [-0.4, -0.2) is 36.6 Å². The number of aryl methyl sites for hydroxylation is 1. The normalized spacial score (nSPS) is 17.1. The number of aliphatic hydroxyl groups is 1. The summed E-state index contributed by atoms with van der Waals surface area (Å²) in [6.45, 7) is 0.543. The average molecular weight is 263 g/mol. The zero-order valence-corrected chi connectivity index (χ0v) is 11.6. The van der Waals surface area contributed by atoms with E-state index in [1.54, 1.807) is 19.0 Å². The molecule has 1 amide bonds. The van der Waals surface area contributed by atoms with Gasteiger partial charge in [-0.2, -0.15) is 0 Å². The van der Waals surface area contributed by atoms with Crippen LogP contribution >= 0.6 is 0 Å². The van der Waals surface area contributed by atoms with Crippen LogP contribution in [0.15, 0.2) is 18.2 Å². The molecular formula is C15H21NO3. The van der Waals surface area contributed by atoms with Gasteiger partial charge in [0, 0.05) is 20.5 Å². The van der Waals surface area contributed by atoms with Gasteiger partial charge in [-0.1, -0.05) is 6.07 Å². The van der Waals surface area contributed by atoms with Crippen molar-refractivity contribution in [3.05, 3.63) is 29.3 Å². The molecule has 0 aliphatic heterocycles. The molecular weight excluding hydrogens is 242 g/mol. The van der Waals surface area contributed by atoms with E-state index in [-0.39, 0.29) is 12.0 Å². The largest absolute Gasteiger partial charge is 0.494 e. The van der Waals surface area contributed by atoms with Crippen molar-refractivity contribution in [2.45, 2.75) is 31.8 Å². The standard InChI is InChI=1S/C15H21NO3/c1-16(2)15(18)4-3-9-19-12-6-7-13-11(10-12)5-8-14(13)17/h6-7,10,14,17H,3-5,8-9H2,1-2H3. The average Bonchev–Trinajstić information content (AvgIpc) is 2.75. The fraction of sp³-hybridized carbons (Fsp3) is 0.533. The zero-order chi connectivity index (χ0) is 13.8. The molecule has 0 aromatic heterocycles. The quantitative estimate of drug-likeness (QED) is 0.826. The number of nitrogens with zero attached hydrogens (tertiary/aromatic N) is 1. The number of hydrogen-bond donors (Lipinski definition) is 1. The molecule has 0 spiro atoms. The maximum Gasteiger partial charge on any atom is 0.222 e. The molecule has 1 aromatic carbocycles. The predicted molar refractivity (Wildman–Crippen MR) is 73.1 cm³/mol. The van der Waals surface area contributed by atoms with Crippen LogP contribution in [0.3, 0.4) is 0 Å². The van der Waals surface area contributed by atoms with Crippen LogP contribution in [0.4, 0.5) is 0 Å². The minimum Gasteiger partial charge on any atom is -0.494 e. The van der Waals surface area contributed by atoms with Gasteiger partial charge in [-0.3, -0.25) is 4.79 Å². The molecule has 1 aliphatic rings. The minimum absolute atomic E-state index is 0.126. The molecule has 4 nitrogen and oxygen atoms in total. The molecule has 1 unspecified atom stereocenters. The van der Waals surface area contributed by atoms with Gasteiger partial charge in [0.15, 0.2) is 0 Å². The summed E-state index contributed by atoms with van der Waals surface area (Å²) in [7, 11) is 3.52. The fourth-order valence-electron chi connectivity index (χ4n) is 2.30. The van der Waals surface area contributed by atoms with Crippen molar-refractivity contribution in [1.82, 2.24) is 4.90 Å². The molecule has 2 rings (SSSR count). The van der Waals surface area contributed by atoms with Crippen LogP contribution in [0, 0.1) is 0 Å². The molecule has 1 aromatic rings. The van der Waals surface area contributed by atoms with Gasteiger partial charge in [0.05, 0.1) is 12.7 Å². The number of ether oxygens (including phenoxy) is 1. The lowest BCUT2D eigenvalue weighted by molar-refractivity contribution is -0.128. The van der Waals surface area contributed by atoms with Crippen LogP contribution < -0.4 is 4.74 Å². The first-order chi connectivity index (χ1) is 9.08. The van der Waals surface area contributed by atoms with Crippen molar-refractivity contribution in [3.8, 4) is 5.75 Å².